The van der Waals surface area contributed by atoms with Crippen LogP contribution in [0.4, 0.5) is 0 Å². The average molecular weight is 196 g/mol. The zero-order valence-corrected chi connectivity index (χ0v) is 8.29. The van der Waals surface area contributed by atoms with Crippen molar-refractivity contribution < 1.29 is 4.79 Å². The number of thiol groups is 1. The summed E-state index contributed by atoms with van der Waals surface area (Å²) in [6.45, 7) is 1.89. The molecule has 3 nitrogen and oxygen atoms in total. The van der Waals surface area contributed by atoms with Gasteiger partial charge in [-0.1, -0.05) is 6.07 Å². The summed E-state index contributed by atoms with van der Waals surface area (Å²) in [6.07, 6.45) is 1.71. The Kier molecular flexibility index (Phi) is 3.76. The Balaban J connectivity index is 2.59. The molecule has 0 aliphatic carbocycles. The molecule has 1 unspecified atom stereocenters. The molecule has 1 heterocycles. The van der Waals surface area contributed by atoms with Crippen LogP contribution in [0, 0.1) is 0 Å². The predicted molar refractivity (Wildman–Crippen MR) is 54.6 cm³/mol. The monoisotopic (exact) mass is 196 g/mol. The van der Waals surface area contributed by atoms with Gasteiger partial charge in [-0.05, 0) is 19.1 Å². The molecule has 13 heavy (non-hydrogen) atoms. The molecule has 0 saturated heterocycles. The van der Waals surface area contributed by atoms with Gasteiger partial charge in [0.1, 0.15) is 0 Å². The largest absolute Gasteiger partial charge is 0.347 e. The molecule has 1 atom stereocenters. The minimum Gasteiger partial charge on any atom is -0.347 e. The molecular formula is C9H12N2OS. The zero-order chi connectivity index (χ0) is 9.68. The lowest BCUT2D eigenvalue weighted by molar-refractivity contribution is -0.119. The van der Waals surface area contributed by atoms with Crippen molar-refractivity contribution in [2.75, 3.05) is 5.75 Å². The number of hydrogen-bond acceptors (Lipinski definition) is 3. The van der Waals surface area contributed by atoms with Crippen molar-refractivity contribution >= 4 is 18.5 Å². The third kappa shape index (κ3) is 3.06. The van der Waals surface area contributed by atoms with Crippen LogP contribution in [-0.2, 0) is 4.79 Å². The smallest absolute Gasteiger partial charge is 0.230 e. The van der Waals surface area contributed by atoms with Crippen molar-refractivity contribution in [3.63, 3.8) is 0 Å². The molecule has 1 aromatic rings. The molecule has 0 aliphatic rings. The van der Waals surface area contributed by atoms with E-state index >= 15 is 0 Å². The standard InChI is InChI=1S/C9H12N2OS/c1-7(11-9(12)6-13)8-4-2-3-5-10-8/h2-5,7,13H,6H2,1H3,(H,11,12). The summed E-state index contributed by atoms with van der Waals surface area (Å²) in [4.78, 5) is 15.1. The molecular weight excluding hydrogens is 184 g/mol. The number of carbonyl (C=O) groups is 1. The number of nitrogens with zero attached hydrogens (tertiary/aromatic N) is 1. The van der Waals surface area contributed by atoms with E-state index in [0.717, 1.165) is 5.69 Å². The number of rotatable bonds is 3. The van der Waals surface area contributed by atoms with Crippen molar-refractivity contribution in [1.82, 2.24) is 10.3 Å². The van der Waals surface area contributed by atoms with Gasteiger partial charge in [-0.3, -0.25) is 9.78 Å². The van der Waals surface area contributed by atoms with Crippen LogP contribution in [-0.4, -0.2) is 16.6 Å². The molecule has 0 aromatic carbocycles. The summed E-state index contributed by atoms with van der Waals surface area (Å²) in [5, 5.41) is 2.77. The van der Waals surface area contributed by atoms with E-state index in [1.165, 1.54) is 0 Å². The maximum absolute atomic E-state index is 11.0. The van der Waals surface area contributed by atoms with Crippen molar-refractivity contribution in [3.05, 3.63) is 30.1 Å². The minimum absolute atomic E-state index is 0.0548. The topological polar surface area (TPSA) is 42.0 Å². The van der Waals surface area contributed by atoms with Gasteiger partial charge in [0.25, 0.3) is 0 Å². The van der Waals surface area contributed by atoms with Crippen LogP contribution in [0.2, 0.25) is 0 Å². The maximum Gasteiger partial charge on any atom is 0.230 e. The predicted octanol–water partition coefficient (Wildman–Crippen LogP) is 1.19. The highest BCUT2D eigenvalue weighted by Crippen LogP contribution is 2.07. The molecule has 0 aliphatic heterocycles. The molecule has 4 heteroatoms. The molecule has 0 radical (unpaired) electrons. The normalized spacial score (nSPS) is 12.2. The lowest BCUT2D eigenvalue weighted by Gasteiger charge is -2.11. The Morgan fingerprint density at radius 1 is 1.69 bits per heavy atom. The van der Waals surface area contributed by atoms with Crippen LogP contribution >= 0.6 is 12.6 Å². The molecule has 0 bridgehead atoms. The van der Waals surface area contributed by atoms with Gasteiger partial charge in [0, 0.05) is 6.20 Å². The molecule has 1 aromatic heterocycles. The van der Waals surface area contributed by atoms with Crippen LogP contribution in [0.25, 0.3) is 0 Å². The number of amides is 1. The maximum atomic E-state index is 11.0. The SMILES string of the molecule is CC(NC(=O)CS)c1ccccn1. The fourth-order valence-corrected chi connectivity index (χ4v) is 1.08. The van der Waals surface area contributed by atoms with E-state index < -0.39 is 0 Å². The summed E-state index contributed by atoms with van der Waals surface area (Å²) in [5.41, 5.74) is 0.859. The minimum atomic E-state index is -0.0820. The van der Waals surface area contributed by atoms with Gasteiger partial charge >= 0.3 is 0 Å². The molecule has 0 spiro atoms. The molecule has 0 fully saturated rings. The summed E-state index contributed by atoms with van der Waals surface area (Å²) >= 11 is 3.87. The summed E-state index contributed by atoms with van der Waals surface area (Å²) in [5.74, 6) is 0.124. The quantitative estimate of drug-likeness (QED) is 0.713. The Bertz CT molecular complexity index is 276. The van der Waals surface area contributed by atoms with Crippen molar-refractivity contribution in [1.29, 1.82) is 0 Å². The van der Waals surface area contributed by atoms with E-state index in [0.29, 0.717) is 0 Å². The molecule has 1 N–H and O–H groups in total. The second-order valence-electron chi connectivity index (χ2n) is 2.70. The lowest BCUT2D eigenvalue weighted by Crippen LogP contribution is -2.27. The average Bonchev–Trinajstić information content (AvgIpc) is 2.19. The van der Waals surface area contributed by atoms with Gasteiger partial charge < -0.3 is 5.32 Å². The van der Waals surface area contributed by atoms with E-state index in [9.17, 15) is 4.79 Å². The van der Waals surface area contributed by atoms with E-state index in [1.54, 1.807) is 6.20 Å². The second kappa shape index (κ2) is 4.87. The molecule has 0 saturated carbocycles. The first-order chi connectivity index (χ1) is 6.24. The highest BCUT2D eigenvalue weighted by molar-refractivity contribution is 7.81. The first-order valence-electron chi connectivity index (χ1n) is 4.05. The Labute approximate surface area is 83.0 Å². The van der Waals surface area contributed by atoms with Crippen LogP contribution < -0.4 is 5.32 Å². The Morgan fingerprint density at radius 2 is 2.46 bits per heavy atom. The van der Waals surface area contributed by atoms with E-state index in [1.807, 2.05) is 25.1 Å². The summed E-state index contributed by atoms with van der Waals surface area (Å²) in [6, 6.07) is 5.56. The van der Waals surface area contributed by atoms with Crippen molar-refractivity contribution in [2.45, 2.75) is 13.0 Å². The molecule has 1 rings (SSSR count). The molecule has 1 amide bonds. The van der Waals surface area contributed by atoms with Gasteiger partial charge in [0.15, 0.2) is 0 Å². The van der Waals surface area contributed by atoms with E-state index in [4.69, 9.17) is 0 Å². The van der Waals surface area contributed by atoms with E-state index in [-0.39, 0.29) is 17.7 Å². The van der Waals surface area contributed by atoms with Crippen LogP contribution in [0.15, 0.2) is 24.4 Å². The number of hydrogen-bond donors (Lipinski definition) is 2. The highest BCUT2D eigenvalue weighted by Gasteiger charge is 2.07. The fraction of sp³-hybridized carbons (Fsp3) is 0.333. The Morgan fingerprint density at radius 3 is 3.00 bits per heavy atom. The van der Waals surface area contributed by atoms with Crippen molar-refractivity contribution in [2.24, 2.45) is 0 Å². The first kappa shape index (κ1) is 10.1. The summed E-state index contributed by atoms with van der Waals surface area (Å²) < 4.78 is 0. The Hall–Kier alpha value is -1.03. The highest BCUT2D eigenvalue weighted by atomic mass is 32.1. The van der Waals surface area contributed by atoms with Gasteiger partial charge in [-0.2, -0.15) is 12.6 Å². The molecule has 70 valence electrons. The van der Waals surface area contributed by atoms with Gasteiger partial charge in [0.2, 0.25) is 5.91 Å². The van der Waals surface area contributed by atoms with E-state index in [2.05, 4.69) is 22.9 Å². The summed E-state index contributed by atoms with van der Waals surface area (Å²) in [7, 11) is 0. The van der Waals surface area contributed by atoms with Gasteiger partial charge in [0.05, 0.1) is 17.5 Å². The second-order valence-corrected chi connectivity index (χ2v) is 3.02. The van der Waals surface area contributed by atoms with Crippen LogP contribution in [0.3, 0.4) is 0 Å². The fourth-order valence-electron chi connectivity index (χ4n) is 0.993. The number of carbonyl (C=O) groups excluding carboxylic acids is 1. The van der Waals surface area contributed by atoms with Crippen molar-refractivity contribution in [3.8, 4) is 0 Å². The van der Waals surface area contributed by atoms with Gasteiger partial charge in [-0.25, -0.2) is 0 Å². The van der Waals surface area contributed by atoms with Crippen LogP contribution in [0.1, 0.15) is 18.7 Å². The third-order valence-corrected chi connectivity index (χ3v) is 1.94. The van der Waals surface area contributed by atoms with Crippen LogP contribution in [0.5, 0.6) is 0 Å². The first-order valence-corrected chi connectivity index (χ1v) is 4.68. The number of nitrogens with one attached hydrogen (secondary N) is 1. The zero-order valence-electron chi connectivity index (χ0n) is 7.40. The number of aromatic nitrogens is 1. The number of pyridine rings is 1. The lowest BCUT2D eigenvalue weighted by atomic mass is 10.2. The van der Waals surface area contributed by atoms with Gasteiger partial charge in [-0.15, -0.1) is 0 Å². The third-order valence-electron chi connectivity index (χ3n) is 1.65.